The zero-order valence-electron chi connectivity index (χ0n) is 12.8. The molecule has 0 spiro atoms. The Kier molecular flexibility index (Phi) is 5.07. The Labute approximate surface area is 127 Å². The monoisotopic (exact) mass is 311 g/mol. The summed E-state index contributed by atoms with van der Waals surface area (Å²) >= 11 is 0. The van der Waals surface area contributed by atoms with Crippen LogP contribution in [0.25, 0.3) is 0 Å². The molecule has 1 aromatic rings. The highest BCUT2D eigenvalue weighted by Gasteiger charge is 2.33. The largest absolute Gasteiger partial charge is 0.385 e. The predicted octanol–water partition coefficient (Wildman–Crippen LogP) is 2.18. The third-order valence-corrected chi connectivity index (χ3v) is 5.10. The van der Waals surface area contributed by atoms with Gasteiger partial charge in [-0.15, -0.1) is 0 Å². The fourth-order valence-corrected chi connectivity index (χ4v) is 3.36. The fraction of sp³-hybridized carbons (Fsp3) is 0.625. The van der Waals surface area contributed by atoms with Crippen LogP contribution < -0.4 is 4.72 Å². The van der Waals surface area contributed by atoms with Crippen molar-refractivity contribution in [3.8, 4) is 0 Å². The Bertz CT molecular complexity index is 558. The van der Waals surface area contributed by atoms with E-state index in [1.54, 1.807) is 0 Å². The summed E-state index contributed by atoms with van der Waals surface area (Å²) in [7, 11) is -3.12. The molecule has 1 aliphatic carbocycles. The maximum absolute atomic E-state index is 11.0. The van der Waals surface area contributed by atoms with Crippen molar-refractivity contribution in [3.63, 3.8) is 0 Å². The van der Waals surface area contributed by atoms with Gasteiger partial charge < -0.3 is 5.11 Å². The standard InChI is InChI=1S/C16H25NO3S/c1-13-7-10-16(18,11-8-13)15-5-3-14(4-6-15)9-12-17-21(2,19)20/h3-6,13,17-18H,7-12H2,1-2H3. The van der Waals surface area contributed by atoms with Crippen LogP contribution >= 0.6 is 0 Å². The molecule has 1 fully saturated rings. The van der Waals surface area contributed by atoms with E-state index in [4.69, 9.17) is 0 Å². The van der Waals surface area contributed by atoms with Crippen LogP contribution in [-0.4, -0.2) is 26.3 Å². The van der Waals surface area contributed by atoms with E-state index in [0.29, 0.717) is 18.9 Å². The molecule has 1 aromatic carbocycles. The fourth-order valence-electron chi connectivity index (χ4n) is 2.89. The molecule has 0 radical (unpaired) electrons. The van der Waals surface area contributed by atoms with E-state index >= 15 is 0 Å². The number of nitrogens with one attached hydrogen (secondary N) is 1. The first-order valence-corrected chi connectivity index (χ1v) is 9.44. The summed E-state index contributed by atoms with van der Waals surface area (Å²) in [6.07, 6.45) is 5.60. The van der Waals surface area contributed by atoms with Crippen molar-refractivity contribution in [1.82, 2.24) is 4.72 Å². The van der Waals surface area contributed by atoms with Gasteiger partial charge in [0, 0.05) is 6.54 Å². The van der Waals surface area contributed by atoms with Crippen LogP contribution in [0.1, 0.15) is 43.7 Å². The molecule has 1 saturated carbocycles. The molecular weight excluding hydrogens is 286 g/mol. The Morgan fingerprint density at radius 2 is 1.81 bits per heavy atom. The van der Waals surface area contributed by atoms with E-state index in [0.717, 1.165) is 43.1 Å². The van der Waals surface area contributed by atoms with Gasteiger partial charge >= 0.3 is 0 Å². The lowest BCUT2D eigenvalue weighted by molar-refractivity contribution is -0.0120. The molecule has 21 heavy (non-hydrogen) atoms. The van der Waals surface area contributed by atoms with Gasteiger partial charge in [-0.1, -0.05) is 31.2 Å². The molecule has 0 aromatic heterocycles. The van der Waals surface area contributed by atoms with Crippen LogP contribution in [0, 0.1) is 5.92 Å². The van der Waals surface area contributed by atoms with Crippen LogP contribution in [0.4, 0.5) is 0 Å². The van der Waals surface area contributed by atoms with Crippen molar-refractivity contribution < 1.29 is 13.5 Å². The van der Waals surface area contributed by atoms with Gasteiger partial charge in [0.25, 0.3) is 0 Å². The summed E-state index contributed by atoms with van der Waals surface area (Å²) < 4.78 is 24.5. The van der Waals surface area contributed by atoms with Crippen molar-refractivity contribution in [2.45, 2.75) is 44.6 Å². The molecule has 2 rings (SSSR count). The SMILES string of the molecule is CC1CCC(O)(c2ccc(CCNS(C)(=O)=O)cc2)CC1. The van der Waals surface area contributed by atoms with Gasteiger partial charge in [-0.3, -0.25) is 0 Å². The predicted molar refractivity (Wildman–Crippen MR) is 84.5 cm³/mol. The first-order valence-electron chi connectivity index (χ1n) is 7.55. The summed E-state index contributed by atoms with van der Waals surface area (Å²) in [6, 6.07) is 7.92. The summed E-state index contributed by atoms with van der Waals surface area (Å²) in [4.78, 5) is 0. The number of rotatable bonds is 5. The smallest absolute Gasteiger partial charge is 0.208 e. The Morgan fingerprint density at radius 3 is 2.33 bits per heavy atom. The molecule has 0 unspecified atom stereocenters. The van der Waals surface area contributed by atoms with Crippen molar-refractivity contribution in [2.24, 2.45) is 5.92 Å². The second-order valence-corrected chi connectivity index (χ2v) is 8.16. The zero-order chi connectivity index (χ0) is 15.5. The average Bonchev–Trinajstić information content (AvgIpc) is 2.42. The quantitative estimate of drug-likeness (QED) is 0.876. The highest BCUT2D eigenvalue weighted by atomic mass is 32.2. The van der Waals surface area contributed by atoms with Gasteiger partial charge in [0.15, 0.2) is 0 Å². The molecule has 1 aliphatic rings. The molecule has 0 heterocycles. The molecule has 2 N–H and O–H groups in total. The molecule has 5 heteroatoms. The van der Waals surface area contributed by atoms with Crippen LogP contribution in [0.5, 0.6) is 0 Å². The minimum atomic E-state index is -3.12. The lowest BCUT2D eigenvalue weighted by Crippen LogP contribution is -2.30. The summed E-state index contributed by atoms with van der Waals surface area (Å²) in [5.41, 5.74) is 1.37. The lowest BCUT2D eigenvalue weighted by Gasteiger charge is -2.35. The molecule has 0 bridgehead atoms. The highest BCUT2D eigenvalue weighted by Crippen LogP contribution is 2.39. The first kappa shape index (κ1) is 16.5. The van der Waals surface area contributed by atoms with Crippen molar-refractivity contribution in [3.05, 3.63) is 35.4 Å². The third kappa shape index (κ3) is 4.80. The number of sulfonamides is 1. The number of hydrogen-bond donors (Lipinski definition) is 2. The lowest BCUT2D eigenvalue weighted by atomic mass is 9.76. The van der Waals surface area contributed by atoms with E-state index in [-0.39, 0.29) is 0 Å². The van der Waals surface area contributed by atoms with E-state index in [1.165, 1.54) is 0 Å². The van der Waals surface area contributed by atoms with Crippen LogP contribution in [0.2, 0.25) is 0 Å². The summed E-state index contributed by atoms with van der Waals surface area (Å²) in [5.74, 6) is 0.701. The molecule has 118 valence electrons. The Morgan fingerprint density at radius 1 is 1.24 bits per heavy atom. The molecule has 0 saturated heterocycles. The highest BCUT2D eigenvalue weighted by molar-refractivity contribution is 7.88. The number of hydrogen-bond acceptors (Lipinski definition) is 3. The van der Waals surface area contributed by atoms with Crippen molar-refractivity contribution in [1.29, 1.82) is 0 Å². The van der Waals surface area contributed by atoms with Gasteiger partial charge in [0.1, 0.15) is 0 Å². The van der Waals surface area contributed by atoms with Crippen LogP contribution in [0.15, 0.2) is 24.3 Å². The second kappa shape index (κ2) is 6.46. The summed E-state index contributed by atoms with van der Waals surface area (Å²) in [6.45, 7) is 2.64. The minimum Gasteiger partial charge on any atom is -0.385 e. The molecular formula is C16H25NO3S. The topological polar surface area (TPSA) is 66.4 Å². The molecule has 4 nitrogen and oxygen atoms in total. The maximum Gasteiger partial charge on any atom is 0.208 e. The Balaban J connectivity index is 1.95. The molecule has 0 aliphatic heterocycles. The minimum absolute atomic E-state index is 0.403. The normalized spacial score (nSPS) is 26.7. The van der Waals surface area contributed by atoms with Gasteiger partial charge in [-0.2, -0.15) is 0 Å². The van der Waals surface area contributed by atoms with E-state index < -0.39 is 15.6 Å². The van der Waals surface area contributed by atoms with Crippen molar-refractivity contribution >= 4 is 10.0 Å². The molecule has 0 amide bonds. The second-order valence-electron chi connectivity index (χ2n) is 6.33. The average molecular weight is 311 g/mol. The zero-order valence-corrected chi connectivity index (χ0v) is 13.6. The molecule has 0 atom stereocenters. The van der Waals surface area contributed by atoms with Crippen molar-refractivity contribution in [2.75, 3.05) is 12.8 Å². The van der Waals surface area contributed by atoms with E-state index in [2.05, 4.69) is 11.6 Å². The van der Waals surface area contributed by atoms with Gasteiger partial charge in [0.05, 0.1) is 11.9 Å². The maximum atomic E-state index is 11.0. The first-order chi connectivity index (χ1) is 9.78. The van der Waals surface area contributed by atoms with E-state index in [9.17, 15) is 13.5 Å². The third-order valence-electron chi connectivity index (χ3n) is 4.37. The number of benzene rings is 1. The number of aliphatic hydroxyl groups is 1. The van der Waals surface area contributed by atoms with Crippen LogP contribution in [-0.2, 0) is 22.0 Å². The summed E-state index contributed by atoms with van der Waals surface area (Å²) in [5, 5.41) is 10.7. The van der Waals surface area contributed by atoms with Gasteiger partial charge in [-0.05, 0) is 49.1 Å². The van der Waals surface area contributed by atoms with Gasteiger partial charge in [-0.25, -0.2) is 13.1 Å². The van der Waals surface area contributed by atoms with Gasteiger partial charge in [0.2, 0.25) is 10.0 Å². The van der Waals surface area contributed by atoms with Crippen LogP contribution in [0.3, 0.4) is 0 Å². The van der Waals surface area contributed by atoms with E-state index in [1.807, 2.05) is 24.3 Å². The Hall–Kier alpha value is -0.910.